The molecule has 4 rings (SSSR count). The lowest BCUT2D eigenvalue weighted by molar-refractivity contribution is 0.0993. The number of hydrogen-bond donors (Lipinski definition) is 1. The van der Waals surface area contributed by atoms with Gasteiger partial charge >= 0.3 is 0 Å². The number of rotatable bonds is 10. The molecule has 0 amide bonds. The van der Waals surface area contributed by atoms with Gasteiger partial charge in [-0.1, -0.05) is 37.1 Å². The minimum Gasteiger partial charge on any atom is -0.497 e. The zero-order valence-corrected chi connectivity index (χ0v) is 20.8. The molecule has 1 saturated carbocycles. The van der Waals surface area contributed by atoms with Crippen molar-refractivity contribution in [3.8, 4) is 11.5 Å². The van der Waals surface area contributed by atoms with E-state index in [9.17, 15) is 4.79 Å². The predicted octanol–water partition coefficient (Wildman–Crippen LogP) is 5.78. The summed E-state index contributed by atoms with van der Waals surface area (Å²) in [6.45, 7) is 2.49. The molecule has 0 bridgehead atoms. The van der Waals surface area contributed by atoms with Gasteiger partial charge in [0.2, 0.25) is 0 Å². The normalized spacial score (nSPS) is 15.0. The van der Waals surface area contributed by atoms with Crippen molar-refractivity contribution in [1.29, 1.82) is 0 Å². The van der Waals surface area contributed by atoms with Crippen LogP contribution in [0.15, 0.2) is 53.7 Å². The molecule has 8 heteroatoms. The van der Waals surface area contributed by atoms with Gasteiger partial charge in [-0.05, 0) is 56.2 Å². The van der Waals surface area contributed by atoms with E-state index in [-0.39, 0.29) is 11.0 Å². The van der Waals surface area contributed by atoms with Crippen molar-refractivity contribution in [3.63, 3.8) is 0 Å². The lowest BCUT2D eigenvalue weighted by Gasteiger charge is -2.26. The smallest absolute Gasteiger partial charge is 0.192 e. The van der Waals surface area contributed by atoms with Crippen molar-refractivity contribution in [2.24, 2.45) is 0 Å². The van der Waals surface area contributed by atoms with Crippen LogP contribution in [0.1, 0.15) is 61.3 Å². The number of Topliss-reactive ketones (excluding diaryl/α,β-unsaturated/α-hetero) is 1. The topological polar surface area (TPSA) is 78.3 Å². The summed E-state index contributed by atoms with van der Waals surface area (Å²) in [7, 11) is 3.28. The predicted molar refractivity (Wildman–Crippen MR) is 135 cm³/mol. The summed E-state index contributed by atoms with van der Waals surface area (Å²) in [5, 5.41) is 13.0. The van der Waals surface area contributed by atoms with Gasteiger partial charge in [-0.15, -0.1) is 10.2 Å². The van der Waals surface area contributed by atoms with E-state index >= 15 is 0 Å². The molecule has 3 aromatic rings. The molecular formula is C26H32N4O3S. The molecule has 1 heterocycles. The fourth-order valence-corrected chi connectivity index (χ4v) is 5.35. The van der Waals surface area contributed by atoms with Crippen molar-refractivity contribution in [2.45, 2.75) is 62.0 Å². The van der Waals surface area contributed by atoms with Crippen LogP contribution in [0.2, 0.25) is 0 Å². The monoisotopic (exact) mass is 480 g/mol. The van der Waals surface area contributed by atoms with Crippen molar-refractivity contribution in [3.05, 3.63) is 59.9 Å². The van der Waals surface area contributed by atoms with Crippen LogP contribution >= 0.6 is 11.8 Å². The maximum atomic E-state index is 13.1. The molecule has 34 heavy (non-hydrogen) atoms. The number of ether oxygens (including phenoxy) is 2. The standard InChI is InChI=1S/C26H32N4O3S/c1-18(25(31)19-12-14-22(32-2)15-13-19)34-26-29-28-24(30(26)21-9-5-4-6-10-21)17-27-20-8-7-11-23(16-20)33-3/h7-8,11-16,18,21,27H,4-6,9-10,17H2,1-3H3. The first-order valence-corrected chi connectivity index (χ1v) is 12.6. The summed E-state index contributed by atoms with van der Waals surface area (Å²) in [5.41, 5.74) is 1.64. The second kappa shape index (κ2) is 11.4. The number of anilines is 1. The number of nitrogens with one attached hydrogen (secondary N) is 1. The Labute approximate surface area is 205 Å². The largest absolute Gasteiger partial charge is 0.497 e. The molecule has 180 valence electrons. The number of thioether (sulfide) groups is 1. The number of nitrogens with zero attached hydrogens (tertiary/aromatic N) is 3. The number of carbonyl (C=O) groups is 1. The summed E-state index contributed by atoms with van der Waals surface area (Å²) in [4.78, 5) is 13.1. The highest BCUT2D eigenvalue weighted by atomic mass is 32.2. The second-order valence-electron chi connectivity index (χ2n) is 8.50. The highest BCUT2D eigenvalue weighted by Crippen LogP contribution is 2.34. The average molecular weight is 481 g/mol. The van der Waals surface area contributed by atoms with Crippen LogP contribution in [-0.4, -0.2) is 40.0 Å². The summed E-state index contributed by atoms with van der Waals surface area (Å²) in [6.07, 6.45) is 5.90. The van der Waals surface area contributed by atoms with Gasteiger partial charge in [0.05, 0.1) is 26.0 Å². The number of benzene rings is 2. The Hall–Kier alpha value is -3.00. The first-order chi connectivity index (χ1) is 16.6. The van der Waals surface area contributed by atoms with Crippen molar-refractivity contribution >= 4 is 23.2 Å². The summed E-state index contributed by atoms with van der Waals surface area (Å²) < 4.78 is 12.8. The van der Waals surface area contributed by atoms with E-state index in [4.69, 9.17) is 9.47 Å². The molecule has 1 atom stereocenters. The van der Waals surface area contributed by atoms with Crippen molar-refractivity contribution in [2.75, 3.05) is 19.5 Å². The van der Waals surface area contributed by atoms with Crippen LogP contribution in [0, 0.1) is 0 Å². The Morgan fingerprint density at radius 2 is 1.79 bits per heavy atom. The van der Waals surface area contributed by atoms with E-state index in [1.807, 2.05) is 55.5 Å². The van der Waals surface area contributed by atoms with E-state index in [0.717, 1.165) is 41.0 Å². The summed E-state index contributed by atoms with van der Waals surface area (Å²) in [5.74, 6) is 2.51. The fourth-order valence-electron chi connectivity index (χ4n) is 4.33. The third kappa shape index (κ3) is 5.73. The first-order valence-electron chi connectivity index (χ1n) is 11.8. The van der Waals surface area contributed by atoms with Crippen LogP contribution < -0.4 is 14.8 Å². The zero-order chi connectivity index (χ0) is 23.9. The van der Waals surface area contributed by atoms with Gasteiger partial charge in [0.1, 0.15) is 11.5 Å². The van der Waals surface area contributed by atoms with E-state index in [1.165, 1.54) is 31.0 Å². The fraction of sp³-hybridized carbons (Fsp3) is 0.423. The SMILES string of the molecule is COc1ccc(C(=O)C(C)Sc2nnc(CNc3cccc(OC)c3)n2C2CCCCC2)cc1. The molecule has 1 fully saturated rings. The minimum absolute atomic E-state index is 0.0712. The third-order valence-corrected chi connectivity index (χ3v) is 7.28. The Morgan fingerprint density at radius 1 is 1.06 bits per heavy atom. The number of carbonyl (C=O) groups excluding carboxylic acids is 1. The van der Waals surface area contributed by atoms with Crippen LogP contribution in [0.25, 0.3) is 0 Å². The maximum absolute atomic E-state index is 13.1. The Balaban J connectivity index is 1.52. The third-order valence-electron chi connectivity index (χ3n) is 6.22. The number of aromatic nitrogens is 3. The van der Waals surface area contributed by atoms with Gasteiger partial charge < -0.3 is 19.4 Å². The van der Waals surface area contributed by atoms with Crippen LogP contribution in [-0.2, 0) is 6.54 Å². The molecule has 7 nitrogen and oxygen atoms in total. The van der Waals surface area contributed by atoms with Gasteiger partial charge in [-0.3, -0.25) is 4.79 Å². The van der Waals surface area contributed by atoms with Crippen LogP contribution in [0.3, 0.4) is 0 Å². The van der Waals surface area contributed by atoms with E-state index in [0.29, 0.717) is 18.2 Å². The molecule has 0 aliphatic heterocycles. The van der Waals surface area contributed by atoms with Gasteiger partial charge in [-0.2, -0.15) is 0 Å². The highest BCUT2D eigenvalue weighted by molar-refractivity contribution is 8.00. The number of hydrogen-bond acceptors (Lipinski definition) is 7. The van der Waals surface area contributed by atoms with Gasteiger partial charge in [0, 0.05) is 23.4 Å². The molecule has 0 saturated heterocycles. The summed E-state index contributed by atoms with van der Waals surface area (Å²) >= 11 is 1.49. The lowest BCUT2D eigenvalue weighted by Crippen LogP contribution is -2.20. The van der Waals surface area contributed by atoms with E-state index < -0.39 is 0 Å². The summed E-state index contributed by atoms with van der Waals surface area (Å²) in [6, 6.07) is 15.5. The molecule has 1 N–H and O–H groups in total. The zero-order valence-electron chi connectivity index (χ0n) is 20.0. The average Bonchev–Trinajstić information content (AvgIpc) is 3.29. The Morgan fingerprint density at radius 3 is 2.50 bits per heavy atom. The minimum atomic E-state index is -0.279. The molecule has 0 radical (unpaired) electrons. The molecule has 1 aliphatic rings. The number of ketones is 1. The lowest BCUT2D eigenvalue weighted by atomic mass is 9.95. The van der Waals surface area contributed by atoms with E-state index in [1.54, 1.807) is 14.2 Å². The number of methoxy groups -OCH3 is 2. The Kier molecular flexibility index (Phi) is 8.11. The van der Waals surface area contributed by atoms with Crippen LogP contribution in [0.5, 0.6) is 11.5 Å². The maximum Gasteiger partial charge on any atom is 0.192 e. The van der Waals surface area contributed by atoms with Gasteiger partial charge in [0.25, 0.3) is 0 Å². The molecule has 1 unspecified atom stereocenters. The highest BCUT2D eigenvalue weighted by Gasteiger charge is 2.26. The molecule has 1 aromatic heterocycles. The first kappa shape index (κ1) is 24.1. The molecular weight excluding hydrogens is 448 g/mol. The van der Waals surface area contributed by atoms with Crippen LogP contribution in [0.4, 0.5) is 5.69 Å². The van der Waals surface area contributed by atoms with E-state index in [2.05, 4.69) is 20.1 Å². The van der Waals surface area contributed by atoms with Gasteiger partial charge in [-0.25, -0.2) is 0 Å². The van der Waals surface area contributed by atoms with Crippen molar-refractivity contribution < 1.29 is 14.3 Å². The molecule has 0 spiro atoms. The van der Waals surface area contributed by atoms with Crippen molar-refractivity contribution in [1.82, 2.24) is 14.8 Å². The Bertz CT molecular complexity index is 1090. The second-order valence-corrected chi connectivity index (χ2v) is 9.81. The molecule has 2 aromatic carbocycles. The molecule has 1 aliphatic carbocycles. The van der Waals surface area contributed by atoms with Gasteiger partial charge in [0.15, 0.2) is 16.8 Å². The quantitative estimate of drug-likeness (QED) is 0.291.